The van der Waals surface area contributed by atoms with E-state index >= 15 is 0 Å². The maximum absolute atomic E-state index is 12.4. The first-order valence-corrected chi connectivity index (χ1v) is 13.4. The van der Waals surface area contributed by atoms with Crippen LogP contribution in [0.3, 0.4) is 0 Å². The summed E-state index contributed by atoms with van der Waals surface area (Å²) < 4.78 is 35.9. The predicted molar refractivity (Wildman–Crippen MR) is 127 cm³/mol. The number of allylic oxidation sites excluding steroid dienone is 2. The van der Waals surface area contributed by atoms with Crippen LogP contribution in [-0.2, 0) is 18.0 Å². The number of ketones is 1. The van der Waals surface area contributed by atoms with Gasteiger partial charge in [0.2, 0.25) is 0 Å². The van der Waals surface area contributed by atoms with E-state index in [1.165, 1.54) is 6.08 Å². The zero-order chi connectivity index (χ0) is 25.2. The van der Waals surface area contributed by atoms with E-state index < -0.39 is 15.6 Å². The van der Waals surface area contributed by atoms with Gasteiger partial charge in [0.15, 0.2) is 5.78 Å². The Labute approximate surface area is 198 Å². The van der Waals surface area contributed by atoms with Crippen molar-refractivity contribution in [2.75, 3.05) is 13.2 Å². The molecule has 0 amide bonds. The molecule has 2 aromatic rings. The lowest BCUT2D eigenvalue weighted by Crippen LogP contribution is -2.02. The summed E-state index contributed by atoms with van der Waals surface area (Å²) in [6, 6.07) is 16.0. The van der Waals surface area contributed by atoms with E-state index in [9.17, 15) is 18.8 Å². The highest BCUT2D eigenvalue weighted by Gasteiger charge is 2.31. The Balaban J connectivity index is 1.75. The van der Waals surface area contributed by atoms with Crippen molar-refractivity contribution in [3.05, 3.63) is 89.0 Å². The second-order valence-corrected chi connectivity index (χ2v) is 10.3. The first kappa shape index (κ1) is 27.9. The molecular weight excluding hydrogens is 482 g/mol. The highest BCUT2D eigenvalue weighted by atomic mass is 31.3. The zero-order valence-corrected chi connectivity index (χ0v) is 20.7. The van der Waals surface area contributed by atoms with Gasteiger partial charge >= 0.3 is 15.6 Å². The third-order valence-electron chi connectivity index (χ3n) is 4.53. The van der Waals surface area contributed by atoms with Crippen LogP contribution in [-0.4, -0.2) is 33.7 Å². The van der Waals surface area contributed by atoms with Crippen molar-refractivity contribution in [3.8, 4) is 5.75 Å². The van der Waals surface area contributed by atoms with Crippen LogP contribution >= 0.6 is 15.6 Å². The number of rotatable bonds is 13. The molecule has 0 aliphatic carbocycles. The van der Waals surface area contributed by atoms with Crippen molar-refractivity contribution < 1.29 is 42.2 Å². The van der Waals surface area contributed by atoms with E-state index in [0.29, 0.717) is 36.3 Å². The molecular formula is C23H28O9P2. The van der Waals surface area contributed by atoms with Crippen LogP contribution in [0.15, 0.2) is 77.9 Å². The van der Waals surface area contributed by atoms with Gasteiger partial charge in [0.1, 0.15) is 12.4 Å². The molecule has 2 aromatic carbocycles. The molecule has 2 rings (SSSR count). The first-order chi connectivity index (χ1) is 16.0. The molecule has 0 bridgehead atoms. The van der Waals surface area contributed by atoms with Crippen LogP contribution in [0.25, 0.3) is 0 Å². The minimum absolute atomic E-state index is 0.0480. The molecule has 0 saturated carbocycles. The molecule has 184 valence electrons. The van der Waals surface area contributed by atoms with Gasteiger partial charge in [-0.15, -0.1) is 0 Å². The molecule has 0 fully saturated rings. The Kier molecular flexibility index (Phi) is 10.6. The molecule has 11 heteroatoms. The summed E-state index contributed by atoms with van der Waals surface area (Å²) in [4.78, 5) is 38.8. The Morgan fingerprint density at radius 2 is 1.50 bits per heavy atom. The Hall–Kier alpha value is -2.35. The highest BCUT2D eigenvalue weighted by molar-refractivity contribution is 7.60. The summed E-state index contributed by atoms with van der Waals surface area (Å²) in [5.41, 5.74) is 3.08. The van der Waals surface area contributed by atoms with Crippen molar-refractivity contribution in [1.82, 2.24) is 0 Å². The lowest BCUT2D eigenvalue weighted by atomic mass is 10.0. The van der Waals surface area contributed by atoms with E-state index in [1.807, 2.05) is 31.2 Å². The maximum Gasteiger partial charge on any atom is 0.481 e. The van der Waals surface area contributed by atoms with Crippen LogP contribution in [0.5, 0.6) is 5.75 Å². The van der Waals surface area contributed by atoms with Gasteiger partial charge in [0, 0.05) is 11.1 Å². The van der Waals surface area contributed by atoms with Gasteiger partial charge in [-0.2, -0.15) is 4.31 Å². The number of ether oxygens (including phenoxy) is 1. The van der Waals surface area contributed by atoms with E-state index in [1.54, 1.807) is 43.3 Å². The molecule has 0 radical (unpaired) electrons. The standard InChI is InChI=1S/C23H28O9P2/c1-18(15-16-31-34(28,29)32-33(25,26)27)7-6-8-19(2)17-30-22-13-11-21(12-14-22)23(24)20-9-4-3-5-10-20/h3-5,8-15H,6-7,16-17H2,1-2H3,(H,28,29)(H2,25,26,27)/b18-15+,19-8+. The molecule has 0 aliphatic heterocycles. The van der Waals surface area contributed by atoms with Crippen molar-refractivity contribution in [2.45, 2.75) is 26.7 Å². The second kappa shape index (κ2) is 12.9. The van der Waals surface area contributed by atoms with Crippen molar-refractivity contribution in [3.63, 3.8) is 0 Å². The van der Waals surface area contributed by atoms with E-state index in [0.717, 1.165) is 11.1 Å². The summed E-state index contributed by atoms with van der Waals surface area (Å²) in [5.74, 6) is 0.602. The highest BCUT2D eigenvalue weighted by Crippen LogP contribution is 2.57. The summed E-state index contributed by atoms with van der Waals surface area (Å²) in [6.07, 6.45) is 4.87. The van der Waals surface area contributed by atoms with Crippen molar-refractivity contribution >= 4 is 21.4 Å². The smallest absolute Gasteiger partial charge is 0.481 e. The number of phosphoric acid groups is 2. The fraction of sp³-hybridized carbons (Fsp3) is 0.261. The van der Waals surface area contributed by atoms with Gasteiger partial charge in [-0.3, -0.25) is 9.32 Å². The molecule has 0 spiro atoms. The van der Waals surface area contributed by atoms with Gasteiger partial charge in [-0.1, -0.05) is 48.1 Å². The van der Waals surface area contributed by atoms with Crippen molar-refractivity contribution in [1.29, 1.82) is 0 Å². The lowest BCUT2D eigenvalue weighted by molar-refractivity contribution is 0.103. The average Bonchev–Trinajstić information content (AvgIpc) is 2.76. The van der Waals surface area contributed by atoms with Crippen LogP contribution in [0, 0.1) is 0 Å². The van der Waals surface area contributed by atoms with Crippen LogP contribution in [0.2, 0.25) is 0 Å². The van der Waals surface area contributed by atoms with E-state index in [4.69, 9.17) is 14.5 Å². The number of benzene rings is 2. The third-order valence-corrected chi connectivity index (χ3v) is 6.68. The minimum Gasteiger partial charge on any atom is -0.489 e. The zero-order valence-electron chi connectivity index (χ0n) is 18.9. The molecule has 1 unspecified atom stereocenters. The summed E-state index contributed by atoms with van der Waals surface area (Å²) in [5, 5.41) is 0. The molecule has 0 heterocycles. The SMILES string of the molecule is C/C(=C\COP(=O)(O)OP(=O)(O)O)CC/C=C(\C)COc1ccc(C(=O)c2ccccc2)cc1. The fourth-order valence-corrected chi connectivity index (χ4v) is 4.32. The van der Waals surface area contributed by atoms with Crippen LogP contribution < -0.4 is 4.74 Å². The monoisotopic (exact) mass is 510 g/mol. The number of carbonyl (C=O) groups is 1. The number of hydrogen-bond donors (Lipinski definition) is 3. The Bertz CT molecular complexity index is 1100. The molecule has 3 N–H and O–H groups in total. The second-order valence-electron chi connectivity index (χ2n) is 7.48. The van der Waals surface area contributed by atoms with Crippen LogP contribution in [0.1, 0.15) is 42.6 Å². The van der Waals surface area contributed by atoms with Crippen LogP contribution in [0.4, 0.5) is 0 Å². The molecule has 34 heavy (non-hydrogen) atoms. The van der Waals surface area contributed by atoms with Gasteiger partial charge in [0.25, 0.3) is 0 Å². The number of carbonyl (C=O) groups excluding carboxylic acids is 1. The van der Waals surface area contributed by atoms with Gasteiger partial charge in [-0.25, -0.2) is 9.13 Å². The normalized spacial score (nSPS) is 14.5. The molecule has 0 saturated heterocycles. The van der Waals surface area contributed by atoms with E-state index in [-0.39, 0.29) is 12.4 Å². The van der Waals surface area contributed by atoms with Gasteiger partial charge in [0.05, 0.1) is 6.61 Å². The maximum atomic E-state index is 12.4. The topological polar surface area (TPSA) is 140 Å². The van der Waals surface area contributed by atoms with Crippen molar-refractivity contribution in [2.24, 2.45) is 0 Å². The summed E-state index contributed by atoms with van der Waals surface area (Å²) >= 11 is 0. The lowest BCUT2D eigenvalue weighted by Gasteiger charge is -2.11. The van der Waals surface area contributed by atoms with Gasteiger partial charge < -0.3 is 19.4 Å². The average molecular weight is 510 g/mol. The quantitative estimate of drug-likeness (QED) is 0.189. The minimum atomic E-state index is -5.12. The molecule has 9 nitrogen and oxygen atoms in total. The largest absolute Gasteiger partial charge is 0.489 e. The third kappa shape index (κ3) is 10.7. The van der Waals surface area contributed by atoms with Gasteiger partial charge in [-0.05, 0) is 56.5 Å². The first-order valence-electron chi connectivity index (χ1n) is 10.3. The fourth-order valence-electron chi connectivity index (χ4n) is 2.79. The molecule has 0 aliphatic rings. The Morgan fingerprint density at radius 3 is 2.12 bits per heavy atom. The number of hydrogen-bond acceptors (Lipinski definition) is 6. The summed E-state index contributed by atoms with van der Waals surface area (Å²) in [7, 11) is -9.95. The van der Waals surface area contributed by atoms with E-state index in [2.05, 4.69) is 8.83 Å². The summed E-state index contributed by atoms with van der Waals surface area (Å²) in [6.45, 7) is 3.78. The molecule has 0 aromatic heterocycles. The Morgan fingerprint density at radius 1 is 0.882 bits per heavy atom. The predicted octanol–water partition coefficient (Wildman–Crippen LogP) is 5.20. The molecule has 1 atom stereocenters. The number of phosphoric ester groups is 1.